The highest BCUT2D eigenvalue weighted by molar-refractivity contribution is 6.24. The highest BCUT2D eigenvalue weighted by atomic mass is 16.5. The molecule has 2 saturated heterocycles. The van der Waals surface area contributed by atoms with Crippen LogP contribution in [0.1, 0.15) is 52.0 Å². The molecule has 0 saturated carbocycles. The molecule has 7 rings (SSSR count). The van der Waals surface area contributed by atoms with Gasteiger partial charge < -0.3 is 23.7 Å². The van der Waals surface area contributed by atoms with E-state index in [1.54, 1.807) is 38.7 Å². The molecule has 0 radical (unpaired) electrons. The number of rotatable bonds is 11. The highest BCUT2D eigenvalue weighted by Crippen LogP contribution is 2.35. The topological polar surface area (TPSA) is 170 Å². The van der Waals surface area contributed by atoms with Crippen molar-refractivity contribution in [2.45, 2.75) is 38.3 Å². The zero-order chi connectivity index (χ0) is 38.1. The second-order valence-corrected chi connectivity index (χ2v) is 13.5. The van der Waals surface area contributed by atoms with Crippen LogP contribution in [0.4, 0.5) is 0 Å². The summed E-state index contributed by atoms with van der Waals surface area (Å²) in [7, 11) is 4.83. The number of piperidine rings is 1. The SMILES string of the molecule is COc1cc(-c2cn(C)c(=O)c3c(OC)nccc23)ccc1CN1CCN(C(=O)CCCOc2cccc3c2C(=O)N(C2CCC(=O)NC2=O)C3=O)CC1. The first kappa shape index (κ1) is 36.3. The lowest BCUT2D eigenvalue weighted by Gasteiger charge is -2.35. The molecule has 4 aromatic rings. The first-order chi connectivity index (χ1) is 26.1. The molecule has 280 valence electrons. The van der Waals surface area contributed by atoms with Gasteiger partial charge in [0.15, 0.2) is 0 Å². The molecule has 54 heavy (non-hydrogen) atoms. The maximum atomic E-state index is 13.3. The summed E-state index contributed by atoms with van der Waals surface area (Å²) >= 11 is 0. The van der Waals surface area contributed by atoms with Crippen molar-refractivity contribution in [3.63, 3.8) is 0 Å². The van der Waals surface area contributed by atoms with Gasteiger partial charge in [-0.15, -0.1) is 0 Å². The van der Waals surface area contributed by atoms with Crippen LogP contribution in [0.2, 0.25) is 0 Å². The van der Waals surface area contributed by atoms with Crippen LogP contribution in [-0.4, -0.2) is 107 Å². The number of benzene rings is 2. The molecule has 5 heterocycles. The number of nitrogens with zero attached hydrogens (tertiary/aromatic N) is 5. The lowest BCUT2D eigenvalue weighted by molar-refractivity contribution is -0.136. The molecule has 15 nitrogen and oxygen atoms in total. The standard InChI is InChI=1S/C39H40N6O9/c1-42-22-27(25-13-14-40-36(53-3)34(25)38(42)50)23-9-10-24(30(20-23)52-2)21-43-15-17-44(18-16-43)32(47)8-5-19-54-29-7-4-6-26-33(29)39(51)45(37(26)49)28-11-12-31(46)41-35(28)48/h4,6-7,9-10,13-14,20,22,28H,5,8,11-12,15-19,21H2,1-3H3,(H,41,46,48). The zero-order valence-corrected chi connectivity index (χ0v) is 30.3. The number of hydrogen-bond donors (Lipinski definition) is 1. The van der Waals surface area contributed by atoms with E-state index >= 15 is 0 Å². The monoisotopic (exact) mass is 736 g/mol. The lowest BCUT2D eigenvalue weighted by Crippen LogP contribution is -2.54. The molecule has 1 N–H and O–H groups in total. The van der Waals surface area contributed by atoms with Crippen LogP contribution in [0.3, 0.4) is 0 Å². The summed E-state index contributed by atoms with van der Waals surface area (Å²) in [6.07, 6.45) is 4.18. The number of aromatic nitrogens is 2. The van der Waals surface area contributed by atoms with Crippen LogP contribution >= 0.6 is 0 Å². The van der Waals surface area contributed by atoms with Crippen molar-refractivity contribution in [2.24, 2.45) is 7.05 Å². The molecule has 15 heteroatoms. The molecule has 1 atom stereocenters. The fourth-order valence-corrected chi connectivity index (χ4v) is 7.36. The Balaban J connectivity index is 0.920. The molecule has 1 unspecified atom stereocenters. The zero-order valence-electron chi connectivity index (χ0n) is 30.3. The van der Waals surface area contributed by atoms with Gasteiger partial charge in [0.25, 0.3) is 17.4 Å². The smallest absolute Gasteiger partial charge is 0.266 e. The van der Waals surface area contributed by atoms with Crippen LogP contribution in [-0.2, 0) is 28.0 Å². The molecule has 0 spiro atoms. The molecule has 3 aliphatic heterocycles. The second-order valence-electron chi connectivity index (χ2n) is 13.5. The number of imide groups is 2. The van der Waals surface area contributed by atoms with Crippen molar-refractivity contribution >= 4 is 40.3 Å². The fraction of sp³-hybridized carbons (Fsp3) is 0.359. The number of ether oxygens (including phenoxy) is 3. The Kier molecular flexibility index (Phi) is 10.1. The maximum Gasteiger partial charge on any atom is 0.266 e. The van der Waals surface area contributed by atoms with Gasteiger partial charge in [0.2, 0.25) is 23.6 Å². The van der Waals surface area contributed by atoms with E-state index in [-0.39, 0.29) is 60.1 Å². The first-order valence-corrected chi connectivity index (χ1v) is 17.8. The number of piperazine rings is 1. The Morgan fingerprint density at radius 1 is 0.926 bits per heavy atom. The number of nitrogens with one attached hydrogen (secondary N) is 1. The molecule has 5 amide bonds. The molecule has 2 aromatic heterocycles. The van der Waals surface area contributed by atoms with E-state index < -0.39 is 29.7 Å². The van der Waals surface area contributed by atoms with E-state index in [4.69, 9.17) is 14.2 Å². The number of hydrogen-bond acceptors (Lipinski definition) is 11. The van der Waals surface area contributed by atoms with Gasteiger partial charge in [0, 0.05) is 81.5 Å². The summed E-state index contributed by atoms with van der Waals surface area (Å²) in [5.74, 6) is -1.15. The van der Waals surface area contributed by atoms with Gasteiger partial charge in [-0.3, -0.25) is 43.9 Å². The van der Waals surface area contributed by atoms with Crippen molar-refractivity contribution in [2.75, 3.05) is 47.0 Å². The van der Waals surface area contributed by atoms with Gasteiger partial charge in [0.05, 0.1) is 32.0 Å². The van der Waals surface area contributed by atoms with Crippen LogP contribution < -0.4 is 25.1 Å². The predicted octanol–water partition coefficient (Wildman–Crippen LogP) is 2.52. The number of amides is 5. The summed E-state index contributed by atoms with van der Waals surface area (Å²) in [5, 5.41) is 3.34. The molecule has 0 aliphatic carbocycles. The van der Waals surface area contributed by atoms with E-state index in [1.807, 2.05) is 29.2 Å². The summed E-state index contributed by atoms with van der Waals surface area (Å²) < 4.78 is 18.6. The Morgan fingerprint density at radius 3 is 2.46 bits per heavy atom. The van der Waals surface area contributed by atoms with Crippen LogP contribution in [0.5, 0.6) is 17.4 Å². The fourth-order valence-electron chi connectivity index (χ4n) is 7.36. The number of carbonyl (C=O) groups excluding carboxylic acids is 5. The summed E-state index contributed by atoms with van der Waals surface area (Å²) in [4.78, 5) is 85.7. The number of fused-ring (bicyclic) bond motifs is 2. The third-order valence-electron chi connectivity index (χ3n) is 10.2. The van der Waals surface area contributed by atoms with E-state index in [1.165, 1.54) is 17.7 Å². The quantitative estimate of drug-likeness (QED) is 0.177. The Labute approximate surface area is 310 Å². The molecule has 2 fully saturated rings. The van der Waals surface area contributed by atoms with Crippen LogP contribution in [0, 0.1) is 0 Å². The lowest BCUT2D eigenvalue weighted by atomic mass is 9.99. The van der Waals surface area contributed by atoms with Gasteiger partial charge in [0.1, 0.15) is 22.9 Å². The van der Waals surface area contributed by atoms with E-state index in [0.29, 0.717) is 50.3 Å². The normalized spacial score (nSPS) is 17.5. The first-order valence-electron chi connectivity index (χ1n) is 17.8. The predicted molar refractivity (Wildman–Crippen MR) is 195 cm³/mol. The second kappa shape index (κ2) is 15.1. The Bertz CT molecular complexity index is 2240. The van der Waals surface area contributed by atoms with Gasteiger partial charge in [-0.05, 0) is 42.7 Å². The van der Waals surface area contributed by atoms with Crippen molar-refractivity contribution in [1.82, 2.24) is 29.6 Å². The van der Waals surface area contributed by atoms with Crippen LogP contribution in [0.25, 0.3) is 21.9 Å². The minimum atomic E-state index is -1.06. The average Bonchev–Trinajstić information content (AvgIpc) is 3.43. The van der Waals surface area contributed by atoms with Gasteiger partial charge >= 0.3 is 0 Å². The van der Waals surface area contributed by atoms with Crippen molar-refractivity contribution in [3.05, 3.63) is 81.9 Å². The van der Waals surface area contributed by atoms with Crippen LogP contribution in [0.15, 0.2) is 59.7 Å². The van der Waals surface area contributed by atoms with E-state index in [0.717, 1.165) is 27.0 Å². The number of methoxy groups -OCH3 is 2. The third-order valence-corrected chi connectivity index (χ3v) is 10.2. The maximum absolute atomic E-state index is 13.3. The average molecular weight is 737 g/mol. The Hall–Kier alpha value is -6.09. The minimum absolute atomic E-state index is 0.00470. The highest BCUT2D eigenvalue weighted by Gasteiger charge is 2.46. The summed E-state index contributed by atoms with van der Waals surface area (Å²) in [5.41, 5.74) is 2.76. The number of carbonyl (C=O) groups is 5. The van der Waals surface area contributed by atoms with Gasteiger partial charge in [-0.1, -0.05) is 18.2 Å². The van der Waals surface area contributed by atoms with Crippen molar-refractivity contribution in [1.29, 1.82) is 0 Å². The molecular weight excluding hydrogens is 696 g/mol. The molecular formula is C39H40N6O9. The molecule has 2 aromatic carbocycles. The Morgan fingerprint density at radius 2 is 1.72 bits per heavy atom. The van der Waals surface area contributed by atoms with Crippen molar-refractivity contribution < 1.29 is 38.2 Å². The van der Waals surface area contributed by atoms with Crippen molar-refractivity contribution in [3.8, 4) is 28.5 Å². The van der Waals surface area contributed by atoms with Gasteiger partial charge in [-0.2, -0.15) is 0 Å². The summed E-state index contributed by atoms with van der Waals surface area (Å²) in [6.45, 7) is 3.28. The largest absolute Gasteiger partial charge is 0.496 e. The molecule has 0 bridgehead atoms. The minimum Gasteiger partial charge on any atom is -0.496 e. The summed E-state index contributed by atoms with van der Waals surface area (Å²) in [6, 6.07) is 11.5. The van der Waals surface area contributed by atoms with E-state index in [9.17, 15) is 28.8 Å². The van der Waals surface area contributed by atoms with Gasteiger partial charge in [-0.25, -0.2) is 4.98 Å². The molecule has 3 aliphatic rings. The number of aryl methyl sites for hydroxylation is 1. The number of pyridine rings is 2. The van der Waals surface area contributed by atoms with E-state index in [2.05, 4.69) is 15.2 Å². The third kappa shape index (κ3) is 6.77.